The van der Waals surface area contributed by atoms with Crippen molar-refractivity contribution < 1.29 is 42.9 Å². The van der Waals surface area contributed by atoms with Gasteiger partial charge in [0.2, 0.25) is 5.78 Å². The Morgan fingerprint density at radius 1 is 0.903 bits per heavy atom. The number of nitrogens with one attached hydrogen (secondary N) is 1. The van der Waals surface area contributed by atoms with Gasteiger partial charge in [0.1, 0.15) is 5.75 Å². The number of fused-ring (bicyclic) bond motifs is 1. The van der Waals surface area contributed by atoms with Gasteiger partial charge in [-0.1, -0.05) is 35.9 Å². The van der Waals surface area contributed by atoms with E-state index in [1.165, 1.54) is 7.11 Å². The third-order valence-corrected chi connectivity index (χ3v) is 5.21. The number of hydrogen-bond acceptors (Lipinski definition) is 4. The van der Waals surface area contributed by atoms with Crippen LogP contribution in [-0.4, -0.2) is 18.7 Å². The van der Waals surface area contributed by atoms with Gasteiger partial charge in [0.15, 0.2) is 18.1 Å². The van der Waals surface area contributed by atoms with E-state index in [1.54, 1.807) is 47.0 Å². The van der Waals surface area contributed by atoms with Gasteiger partial charge in [-0.15, -0.1) is 0 Å². The summed E-state index contributed by atoms with van der Waals surface area (Å²) in [5, 5.41) is 3.53. The van der Waals surface area contributed by atoms with Gasteiger partial charge < -0.3 is 34.0 Å². The number of anilines is 1. The third-order valence-electron chi connectivity index (χ3n) is 4.92. The summed E-state index contributed by atoms with van der Waals surface area (Å²) >= 11 is 6.25. The van der Waals surface area contributed by atoms with Crippen molar-refractivity contribution in [1.29, 1.82) is 0 Å². The molecule has 0 radical (unpaired) electrons. The second kappa shape index (κ2) is 9.20. The summed E-state index contributed by atoms with van der Waals surface area (Å²) in [7, 11) is 1.53. The molecule has 2 aromatic carbocycles. The van der Waals surface area contributed by atoms with Gasteiger partial charge in [-0.2, -0.15) is 4.57 Å². The van der Waals surface area contributed by atoms with Crippen LogP contribution in [0.5, 0.6) is 5.75 Å². The lowest BCUT2D eigenvalue weighted by Crippen LogP contribution is -3.00. The molecule has 4 rings (SSSR count). The lowest BCUT2D eigenvalue weighted by Gasteiger charge is -2.19. The minimum Gasteiger partial charge on any atom is -1.00 e. The quantitative estimate of drug-likeness (QED) is 0.399. The molecule has 1 aliphatic carbocycles. The van der Waals surface area contributed by atoms with Crippen molar-refractivity contribution in [3.05, 3.63) is 93.9 Å². The van der Waals surface area contributed by atoms with Crippen LogP contribution in [0.4, 0.5) is 5.69 Å². The lowest BCUT2D eigenvalue weighted by molar-refractivity contribution is -0.578. The Bertz CT molecular complexity index is 1220. The van der Waals surface area contributed by atoms with Crippen LogP contribution >= 0.6 is 11.6 Å². The Hall–Kier alpha value is -2.71. The van der Waals surface area contributed by atoms with Crippen LogP contribution in [0.2, 0.25) is 5.02 Å². The Morgan fingerprint density at radius 3 is 2.10 bits per heavy atom. The van der Waals surface area contributed by atoms with E-state index in [0.717, 1.165) is 11.1 Å². The molecule has 0 amide bonds. The molecule has 1 aliphatic rings. The molecular formula is C24H20ClIN2O3. The number of methoxy groups -OCH3 is 1. The lowest BCUT2D eigenvalue weighted by atomic mass is 9.90. The predicted molar refractivity (Wildman–Crippen MR) is 116 cm³/mol. The van der Waals surface area contributed by atoms with Crippen LogP contribution < -0.4 is 38.6 Å². The first-order valence-electron chi connectivity index (χ1n) is 9.42. The van der Waals surface area contributed by atoms with E-state index in [0.29, 0.717) is 27.6 Å². The first-order valence-corrected chi connectivity index (χ1v) is 9.80. The molecule has 0 fully saturated rings. The number of aryl methyl sites for hydroxylation is 2. The monoisotopic (exact) mass is 546 g/mol. The molecule has 1 heterocycles. The zero-order chi connectivity index (χ0) is 21.4. The summed E-state index contributed by atoms with van der Waals surface area (Å²) in [4.78, 5) is 26.8. The zero-order valence-corrected chi connectivity index (χ0v) is 20.1. The molecule has 0 aliphatic heterocycles. The van der Waals surface area contributed by atoms with Crippen molar-refractivity contribution in [1.82, 2.24) is 0 Å². The molecule has 0 saturated carbocycles. The fourth-order valence-corrected chi connectivity index (χ4v) is 3.91. The summed E-state index contributed by atoms with van der Waals surface area (Å²) < 4.78 is 6.91. The van der Waals surface area contributed by atoms with Crippen LogP contribution in [0.3, 0.4) is 0 Å². The average molecular weight is 547 g/mol. The maximum absolute atomic E-state index is 13.4. The van der Waals surface area contributed by atoms with E-state index < -0.39 is 0 Å². The maximum atomic E-state index is 13.4. The molecule has 0 unspecified atom stereocenters. The van der Waals surface area contributed by atoms with Crippen molar-refractivity contribution in [2.24, 2.45) is 0 Å². The number of Topliss-reactive ketones (excluding diaryl/α,β-unsaturated/α-hetero) is 2. The van der Waals surface area contributed by atoms with Crippen molar-refractivity contribution in [3.8, 4) is 5.75 Å². The molecule has 5 nitrogen and oxygen atoms in total. The number of allylic oxidation sites excluding steroid dienone is 2. The molecule has 1 aromatic heterocycles. The average Bonchev–Trinajstić information content (AvgIpc) is 2.71. The highest BCUT2D eigenvalue weighted by Crippen LogP contribution is 2.31. The fourth-order valence-electron chi connectivity index (χ4n) is 3.65. The van der Waals surface area contributed by atoms with E-state index >= 15 is 0 Å². The predicted octanol–water partition coefficient (Wildman–Crippen LogP) is 1.62. The Kier molecular flexibility index (Phi) is 6.81. The zero-order valence-electron chi connectivity index (χ0n) is 17.2. The number of ketones is 2. The van der Waals surface area contributed by atoms with Crippen molar-refractivity contribution in [2.45, 2.75) is 13.8 Å². The van der Waals surface area contributed by atoms with E-state index in [1.807, 2.05) is 32.3 Å². The van der Waals surface area contributed by atoms with Crippen LogP contribution in [0, 0.1) is 13.8 Å². The van der Waals surface area contributed by atoms with Crippen LogP contribution in [0.15, 0.2) is 66.6 Å². The number of carbonyl (C=O) groups excluding carboxylic acids is 2. The first kappa shape index (κ1) is 23.0. The van der Waals surface area contributed by atoms with Crippen LogP contribution in [0.1, 0.15) is 31.8 Å². The molecule has 3 aromatic rings. The highest BCUT2D eigenvalue weighted by molar-refractivity contribution is 6.36. The second-order valence-electron chi connectivity index (χ2n) is 7.20. The number of hydrogen-bond donors (Lipinski definition) is 1. The van der Waals surface area contributed by atoms with Crippen molar-refractivity contribution in [2.75, 3.05) is 12.4 Å². The van der Waals surface area contributed by atoms with Gasteiger partial charge in [-0.3, -0.25) is 9.59 Å². The van der Waals surface area contributed by atoms with E-state index in [9.17, 15) is 9.59 Å². The maximum Gasteiger partial charge on any atom is 0.286 e. The number of halogens is 2. The summed E-state index contributed by atoms with van der Waals surface area (Å²) in [6.07, 6.45) is 3.67. The highest BCUT2D eigenvalue weighted by Gasteiger charge is 2.38. The molecular weight excluding hydrogens is 527 g/mol. The summed E-state index contributed by atoms with van der Waals surface area (Å²) in [5.41, 5.74) is 3.79. The highest BCUT2D eigenvalue weighted by atomic mass is 127. The number of rotatable bonds is 4. The molecule has 0 atom stereocenters. The Labute approximate surface area is 202 Å². The van der Waals surface area contributed by atoms with Gasteiger partial charge in [0.05, 0.1) is 12.1 Å². The fraction of sp³-hybridized carbons (Fsp3) is 0.125. The number of benzene rings is 2. The second-order valence-corrected chi connectivity index (χ2v) is 7.61. The van der Waals surface area contributed by atoms with Crippen LogP contribution in [0.25, 0.3) is 5.70 Å². The van der Waals surface area contributed by atoms with E-state index in [-0.39, 0.29) is 46.9 Å². The SMILES string of the molecule is COc1ccc(NC2=C([n+]3cc(C)cc(C)c3)C(=O)c3ccccc3C2=O)cc1Cl.[I-]. The topological polar surface area (TPSA) is 59.3 Å². The molecule has 31 heavy (non-hydrogen) atoms. The van der Waals surface area contributed by atoms with Gasteiger partial charge in [0.25, 0.3) is 11.5 Å². The summed E-state index contributed by atoms with van der Waals surface area (Å²) in [6, 6.07) is 14.0. The van der Waals surface area contributed by atoms with Gasteiger partial charge in [-0.25, -0.2) is 0 Å². The number of nitrogens with zero attached hydrogens (tertiary/aromatic N) is 1. The molecule has 0 bridgehead atoms. The Morgan fingerprint density at radius 2 is 1.52 bits per heavy atom. The molecule has 7 heteroatoms. The Balaban J connectivity index is 0.00000272. The molecule has 0 spiro atoms. The smallest absolute Gasteiger partial charge is 0.286 e. The first-order chi connectivity index (χ1) is 14.4. The minimum atomic E-state index is -0.251. The molecule has 0 saturated heterocycles. The largest absolute Gasteiger partial charge is 1.00 e. The summed E-state index contributed by atoms with van der Waals surface area (Å²) in [6.45, 7) is 3.90. The summed E-state index contributed by atoms with van der Waals surface area (Å²) in [5.74, 6) is 0.0533. The van der Waals surface area contributed by atoms with Gasteiger partial charge in [0, 0.05) is 27.9 Å². The number of aromatic nitrogens is 1. The molecule has 1 N–H and O–H groups in total. The molecule has 158 valence electrons. The van der Waals surface area contributed by atoms with Crippen molar-refractivity contribution >= 4 is 34.6 Å². The number of pyridine rings is 1. The number of carbonyl (C=O) groups is 2. The standard InChI is InChI=1S/C24H19ClN2O3.HI/c1-14-10-15(2)13-27(12-14)22-21(26-16-8-9-20(30-3)19(25)11-16)23(28)17-6-4-5-7-18(17)24(22)29;/h4-13H,1-3H3;1H. The normalized spacial score (nSPS) is 12.9. The van der Waals surface area contributed by atoms with Crippen LogP contribution in [-0.2, 0) is 0 Å². The third kappa shape index (κ3) is 4.36. The van der Waals surface area contributed by atoms with E-state index in [4.69, 9.17) is 16.3 Å². The van der Waals surface area contributed by atoms with Crippen molar-refractivity contribution in [3.63, 3.8) is 0 Å². The van der Waals surface area contributed by atoms with Gasteiger partial charge in [-0.05, 0) is 38.1 Å². The number of ether oxygens (including phenoxy) is 1. The van der Waals surface area contributed by atoms with Gasteiger partial charge >= 0.3 is 0 Å². The minimum absolute atomic E-state index is 0. The van der Waals surface area contributed by atoms with E-state index in [2.05, 4.69) is 5.32 Å².